The third kappa shape index (κ3) is 5.16. The number of rotatable bonds is 4. The number of piperazine rings is 1. The van der Waals surface area contributed by atoms with Gasteiger partial charge < -0.3 is 15.1 Å². The molecule has 1 N–H and O–H groups in total. The molecule has 2 aromatic carbocycles. The van der Waals surface area contributed by atoms with Crippen LogP contribution in [0.5, 0.6) is 0 Å². The topological polar surface area (TPSA) is 65.5 Å². The van der Waals surface area contributed by atoms with E-state index in [-0.39, 0.29) is 23.8 Å². The first-order valence-corrected chi connectivity index (χ1v) is 11.5. The van der Waals surface area contributed by atoms with Crippen molar-refractivity contribution in [3.63, 3.8) is 0 Å². The molecular weight excluding hydrogens is 412 g/mol. The highest BCUT2D eigenvalue weighted by Crippen LogP contribution is 2.24. The molecule has 1 aliphatic rings. The molecule has 3 aromatic rings. The highest BCUT2D eigenvalue weighted by molar-refractivity contribution is 5.96. The van der Waals surface area contributed by atoms with Crippen LogP contribution in [0.2, 0.25) is 0 Å². The summed E-state index contributed by atoms with van der Waals surface area (Å²) in [7, 11) is 0. The number of nitrogens with one attached hydrogen (secondary N) is 1. The second kappa shape index (κ2) is 9.22. The van der Waals surface area contributed by atoms with Crippen LogP contribution < -0.4 is 10.2 Å². The van der Waals surface area contributed by atoms with Crippen molar-refractivity contribution in [2.75, 3.05) is 37.6 Å². The van der Waals surface area contributed by atoms with Crippen LogP contribution in [0.4, 0.5) is 5.82 Å². The van der Waals surface area contributed by atoms with Gasteiger partial charge >= 0.3 is 0 Å². The first-order valence-electron chi connectivity index (χ1n) is 11.5. The number of carbonyl (C=O) groups excluding carboxylic acids is 2. The number of benzene rings is 2. The van der Waals surface area contributed by atoms with Crippen LogP contribution in [0.1, 0.15) is 42.3 Å². The van der Waals surface area contributed by atoms with Crippen LogP contribution >= 0.6 is 0 Å². The molecule has 1 aliphatic heterocycles. The highest BCUT2D eigenvalue weighted by atomic mass is 16.2. The molecule has 4 rings (SSSR count). The Bertz CT molecular complexity index is 1160. The number of hydrogen-bond acceptors (Lipinski definition) is 4. The number of aromatic nitrogens is 1. The van der Waals surface area contributed by atoms with Crippen molar-refractivity contribution in [3.05, 3.63) is 71.3 Å². The molecule has 172 valence electrons. The first kappa shape index (κ1) is 22.8. The fourth-order valence-corrected chi connectivity index (χ4v) is 4.17. The normalized spacial score (nSPS) is 14.4. The zero-order valence-corrected chi connectivity index (χ0v) is 19.9. The average Bonchev–Trinajstić information content (AvgIpc) is 2.82. The predicted octanol–water partition coefficient (Wildman–Crippen LogP) is 3.92. The first-order chi connectivity index (χ1) is 15.7. The van der Waals surface area contributed by atoms with Crippen molar-refractivity contribution in [2.24, 2.45) is 0 Å². The lowest BCUT2D eigenvalue weighted by molar-refractivity contribution is -0.130. The fraction of sp³-hybridized carbons (Fsp3) is 0.370. The molecule has 2 heterocycles. The van der Waals surface area contributed by atoms with E-state index in [4.69, 9.17) is 4.98 Å². The zero-order chi connectivity index (χ0) is 23.6. The summed E-state index contributed by atoms with van der Waals surface area (Å²) in [5.41, 5.74) is 3.97. The van der Waals surface area contributed by atoms with Crippen molar-refractivity contribution < 1.29 is 9.59 Å². The van der Waals surface area contributed by atoms with E-state index in [0.717, 1.165) is 24.4 Å². The number of nitrogens with zero attached hydrogens (tertiary/aromatic N) is 3. The summed E-state index contributed by atoms with van der Waals surface area (Å²) in [4.78, 5) is 34.0. The van der Waals surface area contributed by atoms with Gasteiger partial charge in [0, 0.05) is 37.1 Å². The van der Waals surface area contributed by atoms with Gasteiger partial charge in [0.25, 0.3) is 5.91 Å². The maximum Gasteiger partial charge on any atom is 0.251 e. The molecule has 1 aromatic heterocycles. The number of para-hydroxylation sites is 1. The minimum Gasteiger partial charge on any atom is -0.353 e. The van der Waals surface area contributed by atoms with Gasteiger partial charge in [-0.05, 0) is 47.7 Å². The number of aryl methyl sites for hydroxylation is 1. The summed E-state index contributed by atoms with van der Waals surface area (Å²) in [5.74, 6) is 0.667. The Morgan fingerprint density at radius 3 is 2.30 bits per heavy atom. The summed E-state index contributed by atoms with van der Waals surface area (Å²) in [5, 5.41) is 3.93. The van der Waals surface area contributed by atoms with E-state index in [1.807, 2.05) is 47.4 Å². The van der Waals surface area contributed by atoms with Crippen molar-refractivity contribution in [2.45, 2.75) is 33.1 Å². The number of carbonyl (C=O) groups is 2. The zero-order valence-electron chi connectivity index (χ0n) is 19.9. The maximum absolute atomic E-state index is 12.7. The summed E-state index contributed by atoms with van der Waals surface area (Å²) in [6.45, 7) is 11.2. The van der Waals surface area contributed by atoms with E-state index in [2.05, 4.69) is 50.0 Å². The van der Waals surface area contributed by atoms with Crippen LogP contribution in [0.25, 0.3) is 10.9 Å². The van der Waals surface area contributed by atoms with Gasteiger partial charge in [-0.1, -0.05) is 51.1 Å². The van der Waals surface area contributed by atoms with E-state index in [9.17, 15) is 9.59 Å². The Balaban J connectivity index is 1.30. The number of hydrogen-bond donors (Lipinski definition) is 1. The van der Waals surface area contributed by atoms with Crippen molar-refractivity contribution in [1.29, 1.82) is 0 Å². The Morgan fingerprint density at radius 1 is 0.970 bits per heavy atom. The molecular formula is C27H32N4O2. The Morgan fingerprint density at radius 2 is 1.64 bits per heavy atom. The van der Waals surface area contributed by atoms with Crippen molar-refractivity contribution >= 4 is 28.5 Å². The second-order valence-electron chi connectivity index (χ2n) is 9.69. The van der Waals surface area contributed by atoms with Gasteiger partial charge in [0.1, 0.15) is 5.82 Å². The second-order valence-corrected chi connectivity index (χ2v) is 9.69. The Labute approximate surface area is 195 Å². The molecule has 1 saturated heterocycles. The molecule has 0 radical (unpaired) electrons. The van der Waals surface area contributed by atoms with Gasteiger partial charge in [-0.25, -0.2) is 4.98 Å². The standard InChI is InChI=1S/C27H32N4O2/c1-19-17-24(29-23-8-6-5-7-22(19)23)30-13-15-31(16-14-30)25(32)18-28-26(33)20-9-11-21(12-10-20)27(2,3)4/h5-12,17H,13-16,18H2,1-4H3,(H,28,33). The van der Waals surface area contributed by atoms with Crippen LogP contribution in [0.3, 0.4) is 0 Å². The van der Waals surface area contributed by atoms with Gasteiger partial charge in [-0.3, -0.25) is 9.59 Å². The quantitative estimate of drug-likeness (QED) is 0.662. The van der Waals surface area contributed by atoms with Gasteiger partial charge in [0.05, 0.1) is 12.1 Å². The Hall–Kier alpha value is -3.41. The van der Waals surface area contributed by atoms with Gasteiger partial charge in [-0.2, -0.15) is 0 Å². The summed E-state index contributed by atoms with van der Waals surface area (Å²) >= 11 is 0. The lowest BCUT2D eigenvalue weighted by atomic mass is 9.87. The lowest BCUT2D eigenvalue weighted by Crippen LogP contribution is -2.51. The Kier molecular flexibility index (Phi) is 6.36. The van der Waals surface area contributed by atoms with Crippen molar-refractivity contribution in [3.8, 4) is 0 Å². The smallest absolute Gasteiger partial charge is 0.251 e. The molecule has 0 aliphatic carbocycles. The molecule has 0 bridgehead atoms. The molecule has 6 heteroatoms. The monoisotopic (exact) mass is 444 g/mol. The summed E-state index contributed by atoms with van der Waals surface area (Å²) < 4.78 is 0. The number of anilines is 1. The molecule has 0 unspecified atom stereocenters. The number of amides is 2. The van der Waals surface area contributed by atoms with E-state index >= 15 is 0 Å². The van der Waals surface area contributed by atoms with Crippen LogP contribution in [0, 0.1) is 6.92 Å². The van der Waals surface area contributed by atoms with Crippen LogP contribution in [-0.2, 0) is 10.2 Å². The molecule has 33 heavy (non-hydrogen) atoms. The maximum atomic E-state index is 12.7. The molecule has 0 spiro atoms. The predicted molar refractivity (Wildman–Crippen MR) is 133 cm³/mol. The molecule has 0 saturated carbocycles. The van der Waals surface area contributed by atoms with E-state index in [1.54, 1.807) is 0 Å². The van der Waals surface area contributed by atoms with Gasteiger partial charge in [0.2, 0.25) is 5.91 Å². The summed E-state index contributed by atoms with van der Waals surface area (Å²) in [6.07, 6.45) is 0. The van der Waals surface area contributed by atoms with E-state index in [0.29, 0.717) is 18.7 Å². The van der Waals surface area contributed by atoms with Gasteiger partial charge in [-0.15, -0.1) is 0 Å². The van der Waals surface area contributed by atoms with E-state index < -0.39 is 0 Å². The average molecular weight is 445 g/mol. The molecule has 0 atom stereocenters. The minimum atomic E-state index is -0.224. The van der Waals surface area contributed by atoms with E-state index in [1.165, 1.54) is 16.5 Å². The minimum absolute atomic E-state index is 0.00713. The fourth-order valence-electron chi connectivity index (χ4n) is 4.17. The van der Waals surface area contributed by atoms with Crippen molar-refractivity contribution in [1.82, 2.24) is 15.2 Å². The largest absolute Gasteiger partial charge is 0.353 e. The third-order valence-corrected chi connectivity index (χ3v) is 6.28. The molecule has 2 amide bonds. The lowest BCUT2D eigenvalue weighted by Gasteiger charge is -2.35. The highest BCUT2D eigenvalue weighted by Gasteiger charge is 2.23. The van der Waals surface area contributed by atoms with Gasteiger partial charge in [0.15, 0.2) is 0 Å². The summed E-state index contributed by atoms with van der Waals surface area (Å²) in [6, 6.07) is 17.8. The molecule has 6 nitrogen and oxygen atoms in total. The number of fused-ring (bicyclic) bond motifs is 1. The third-order valence-electron chi connectivity index (χ3n) is 6.28. The SMILES string of the molecule is Cc1cc(N2CCN(C(=O)CNC(=O)c3ccc(C(C)(C)C)cc3)CC2)nc2ccccc12. The van der Waals surface area contributed by atoms with Crippen LogP contribution in [0.15, 0.2) is 54.6 Å². The van der Waals surface area contributed by atoms with Crippen LogP contribution in [-0.4, -0.2) is 54.4 Å². The molecule has 1 fully saturated rings. The number of pyridine rings is 1.